The molecule has 80 valence electrons. The highest BCUT2D eigenvalue weighted by Crippen LogP contribution is 2.52. The largest absolute Gasteiger partial charge is 0.311 e. The van der Waals surface area contributed by atoms with Crippen LogP contribution in [0.4, 0.5) is 0 Å². The van der Waals surface area contributed by atoms with Gasteiger partial charge in [-0.1, -0.05) is 19.8 Å². The van der Waals surface area contributed by atoms with Gasteiger partial charge in [-0.3, -0.25) is 0 Å². The summed E-state index contributed by atoms with van der Waals surface area (Å²) in [6.45, 7) is 2.44. The van der Waals surface area contributed by atoms with Gasteiger partial charge in [0.25, 0.3) is 0 Å². The smallest absolute Gasteiger partial charge is 0.0101 e. The number of hydrogen-bond donors (Lipinski definition) is 1. The zero-order valence-corrected chi connectivity index (χ0v) is 9.34. The lowest BCUT2D eigenvalue weighted by Crippen LogP contribution is -2.43. The Bertz CT molecular complexity index is 213. The maximum absolute atomic E-state index is 3.96. The van der Waals surface area contributed by atoms with Gasteiger partial charge in [0.1, 0.15) is 0 Å². The topological polar surface area (TPSA) is 12.0 Å². The lowest BCUT2D eigenvalue weighted by atomic mass is 9.85. The van der Waals surface area contributed by atoms with Crippen LogP contribution in [-0.4, -0.2) is 12.1 Å². The molecule has 0 bridgehead atoms. The van der Waals surface area contributed by atoms with E-state index in [0.717, 1.165) is 29.8 Å². The number of fused-ring (bicyclic) bond motifs is 1. The van der Waals surface area contributed by atoms with Crippen LogP contribution in [0.3, 0.4) is 0 Å². The van der Waals surface area contributed by atoms with Gasteiger partial charge in [0.15, 0.2) is 0 Å². The third kappa shape index (κ3) is 1.60. The molecule has 0 aliphatic heterocycles. The molecule has 0 aromatic rings. The van der Waals surface area contributed by atoms with Gasteiger partial charge in [0.2, 0.25) is 0 Å². The molecule has 0 radical (unpaired) electrons. The summed E-state index contributed by atoms with van der Waals surface area (Å²) < 4.78 is 0. The van der Waals surface area contributed by atoms with Crippen LogP contribution in [-0.2, 0) is 0 Å². The third-order valence-electron chi connectivity index (χ3n) is 4.88. The van der Waals surface area contributed by atoms with Crippen LogP contribution in [0.25, 0.3) is 0 Å². The molecule has 0 amide bonds. The normalized spacial score (nSPS) is 51.6. The first-order valence-electron chi connectivity index (χ1n) is 6.60. The van der Waals surface area contributed by atoms with E-state index in [4.69, 9.17) is 0 Å². The van der Waals surface area contributed by atoms with Crippen molar-refractivity contribution in [1.29, 1.82) is 0 Å². The molecule has 3 saturated carbocycles. The molecular weight excluding hydrogens is 170 g/mol. The number of rotatable bonds is 2. The van der Waals surface area contributed by atoms with Crippen LogP contribution in [0.2, 0.25) is 0 Å². The summed E-state index contributed by atoms with van der Waals surface area (Å²) in [4.78, 5) is 0. The maximum Gasteiger partial charge on any atom is 0.0101 e. The van der Waals surface area contributed by atoms with Crippen molar-refractivity contribution < 1.29 is 0 Å². The van der Waals surface area contributed by atoms with E-state index in [0.29, 0.717) is 0 Å². The zero-order valence-electron chi connectivity index (χ0n) is 9.34. The first-order chi connectivity index (χ1) is 6.84. The number of nitrogens with one attached hydrogen (secondary N) is 1. The van der Waals surface area contributed by atoms with Crippen molar-refractivity contribution in [3.05, 3.63) is 0 Å². The summed E-state index contributed by atoms with van der Waals surface area (Å²) in [6.07, 6.45) is 10.4. The predicted molar refractivity (Wildman–Crippen MR) is 59.2 cm³/mol. The molecule has 0 spiro atoms. The second kappa shape index (κ2) is 3.52. The standard InChI is InChI=1S/C13H23N/c1-9-4-2-3-5-12(9)14-13-7-6-10-8-11(10)13/h9-14H,2-8H2,1H3. The Hall–Kier alpha value is -0.0400. The zero-order chi connectivity index (χ0) is 9.54. The van der Waals surface area contributed by atoms with E-state index in [1.165, 1.54) is 38.5 Å². The predicted octanol–water partition coefficient (Wildman–Crippen LogP) is 2.95. The van der Waals surface area contributed by atoms with E-state index in [1.54, 1.807) is 6.42 Å². The second-order valence-corrected chi connectivity index (χ2v) is 5.88. The summed E-state index contributed by atoms with van der Waals surface area (Å²) >= 11 is 0. The van der Waals surface area contributed by atoms with Crippen LogP contribution in [0, 0.1) is 17.8 Å². The molecule has 0 aromatic heterocycles. The van der Waals surface area contributed by atoms with Gasteiger partial charge >= 0.3 is 0 Å². The summed E-state index contributed by atoms with van der Waals surface area (Å²) in [5, 5.41) is 3.96. The molecule has 1 N–H and O–H groups in total. The Morgan fingerprint density at radius 3 is 2.43 bits per heavy atom. The summed E-state index contributed by atoms with van der Waals surface area (Å²) in [7, 11) is 0. The highest BCUT2D eigenvalue weighted by atomic mass is 15.0. The molecule has 0 aromatic carbocycles. The molecule has 5 atom stereocenters. The molecule has 0 heterocycles. The van der Waals surface area contributed by atoms with Gasteiger partial charge in [0, 0.05) is 12.1 Å². The Labute approximate surface area is 87.7 Å². The molecule has 1 nitrogen and oxygen atoms in total. The van der Waals surface area contributed by atoms with Gasteiger partial charge in [-0.15, -0.1) is 0 Å². The fourth-order valence-corrected chi connectivity index (χ4v) is 3.75. The minimum Gasteiger partial charge on any atom is -0.311 e. The van der Waals surface area contributed by atoms with Crippen molar-refractivity contribution in [1.82, 2.24) is 5.32 Å². The molecular formula is C13H23N. The molecule has 1 heteroatoms. The monoisotopic (exact) mass is 193 g/mol. The van der Waals surface area contributed by atoms with E-state index in [1.807, 2.05) is 0 Å². The lowest BCUT2D eigenvalue weighted by Gasteiger charge is -2.32. The summed E-state index contributed by atoms with van der Waals surface area (Å²) in [5.74, 6) is 3.15. The lowest BCUT2D eigenvalue weighted by molar-refractivity contribution is 0.251. The molecule has 3 fully saturated rings. The Kier molecular flexibility index (Phi) is 2.31. The third-order valence-corrected chi connectivity index (χ3v) is 4.88. The molecule has 5 unspecified atom stereocenters. The van der Waals surface area contributed by atoms with Gasteiger partial charge < -0.3 is 5.32 Å². The highest BCUT2D eigenvalue weighted by Gasteiger charge is 2.48. The Balaban J connectivity index is 1.55. The van der Waals surface area contributed by atoms with Crippen molar-refractivity contribution in [3.63, 3.8) is 0 Å². The molecule has 0 saturated heterocycles. The van der Waals surface area contributed by atoms with E-state index < -0.39 is 0 Å². The van der Waals surface area contributed by atoms with Gasteiger partial charge in [-0.25, -0.2) is 0 Å². The van der Waals surface area contributed by atoms with E-state index in [2.05, 4.69) is 12.2 Å². The van der Waals surface area contributed by atoms with Crippen molar-refractivity contribution in [3.8, 4) is 0 Å². The minimum atomic E-state index is 0.855. The van der Waals surface area contributed by atoms with Crippen LogP contribution in [0.5, 0.6) is 0 Å². The van der Waals surface area contributed by atoms with E-state index >= 15 is 0 Å². The maximum atomic E-state index is 3.96. The molecule has 3 rings (SSSR count). The van der Waals surface area contributed by atoms with Crippen LogP contribution in [0.15, 0.2) is 0 Å². The van der Waals surface area contributed by atoms with Crippen LogP contribution >= 0.6 is 0 Å². The van der Waals surface area contributed by atoms with Crippen molar-refractivity contribution >= 4 is 0 Å². The molecule has 3 aliphatic rings. The molecule has 3 aliphatic carbocycles. The van der Waals surface area contributed by atoms with Gasteiger partial charge in [0.05, 0.1) is 0 Å². The summed E-state index contributed by atoms with van der Waals surface area (Å²) in [6, 6.07) is 1.76. The summed E-state index contributed by atoms with van der Waals surface area (Å²) in [5.41, 5.74) is 0. The Morgan fingerprint density at radius 1 is 0.929 bits per heavy atom. The fourth-order valence-electron chi connectivity index (χ4n) is 3.75. The Morgan fingerprint density at radius 2 is 1.79 bits per heavy atom. The molecule has 14 heavy (non-hydrogen) atoms. The van der Waals surface area contributed by atoms with Crippen LogP contribution < -0.4 is 5.32 Å². The van der Waals surface area contributed by atoms with Gasteiger partial charge in [-0.2, -0.15) is 0 Å². The van der Waals surface area contributed by atoms with Crippen molar-refractivity contribution in [2.75, 3.05) is 0 Å². The van der Waals surface area contributed by atoms with E-state index in [9.17, 15) is 0 Å². The van der Waals surface area contributed by atoms with E-state index in [-0.39, 0.29) is 0 Å². The average Bonchev–Trinajstić information content (AvgIpc) is 2.87. The SMILES string of the molecule is CC1CCCCC1NC1CCC2CC21. The first kappa shape index (κ1) is 9.21. The second-order valence-electron chi connectivity index (χ2n) is 5.88. The first-order valence-corrected chi connectivity index (χ1v) is 6.60. The van der Waals surface area contributed by atoms with Gasteiger partial charge in [-0.05, 0) is 49.9 Å². The quantitative estimate of drug-likeness (QED) is 0.711. The van der Waals surface area contributed by atoms with Crippen LogP contribution in [0.1, 0.15) is 51.9 Å². The highest BCUT2D eigenvalue weighted by molar-refractivity contribution is 5.02. The minimum absolute atomic E-state index is 0.855. The number of hydrogen-bond acceptors (Lipinski definition) is 1. The average molecular weight is 193 g/mol. The van der Waals surface area contributed by atoms with Crippen molar-refractivity contribution in [2.45, 2.75) is 64.0 Å². The van der Waals surface area contributed by atoms with Crippen molar-refractivity contribution in [2.24, 2.45) is 17.8 Å². The fraction of sp³-hybridized carbons (Fsp3) is 1.00.